The smallest absolute Gasteiger partial charge is 0.296 e. The van der Waals surface area contributed by atoms with Gasteiger partial charge in [-0.25, -0.2) is 4.68 Å². The summed E-state index contributed by atoms with van der Waals surface area (Å²) in [5.41, 5.74) is -1.60. The van der Waals surface area contributed by atoms with Crippen molar-refractivity contribution in [2.24, 2.45) is 13.0 Å². The van der Waals surface area contributed by atoms with Gasteiger partial charge in [-0.05, 0) is 29.9 Å². The van der Waals surface area contributed by atoms with Gasteiger partial charge in [-0.15, -0.1) is 6.42 Å². The van der Waals surface area contributed by atoms with Gasteiger partial charge in [0.05, 0.1) is 6.54 Å². The molecule has 1 unspecified atom stereocenters. The summed E-state index contributed by atoms with van der Waals surface area (Å²) >= 11 is 0. The minimum atomic E-state index is -4.99. The van der Waals surface area contributed by atoms with Gasteiger partial charge < -0.3 is 0 Å². The van der Waals surface area contributed by atoms with E-state index in [1.54, 1.807) is 24.3 Å². The number of hydrogen-bond acceptors (Lipinski definition) is 2. The number of aromatic nitrogens is 2. The van der Waals surface area contributed by atoms with Crippen LogP contribution in [-0.2, 0) is 13.2 Å². The fourth-order valence-corrected chi connectivity index (χ4v) is 3.37. The molecule has 29 heavy (non-hydrogen) atoms. The van der Waals surface area contributed by atoms with Gasteiger partial charge in [0.15, 0.2) is 5.69 Å². The number of hydrogen-bond donors (Lipinski definition) is 0. The molecular formula is C21H23F4N3O. The molecule has 2 rings (SSSR count). The SMILES string of the molecule is C#CCN(C(=O)c1c(C(F)(F)F)nn(C)c1F)c1ccccc1C(C)CC(C)C. The minimum absolute atomic E-state index is 0.0140. The summed E-state index contributed by atoms with van der Waals surface area (Å²) in [6.45, 7) is 5.74. The zero-order valence-corrected chi connectivity index (χ0v) is 16.7. The van der Waals surface area contributed by atoms with Crippen LogP contribution in [0.25, 0.3) is 0 Å². The highest BCUT2D eigenvalue weighted by Crippen LogP contribution is 2.36. The van der Waals surface area contributed by atoms with Crippen LogP contribution in [0.1, 0.15) is 54.7 Å². The number of carbonyl (C=O) groups is 1. The Bertz CT molecular complexity index is 925. The van der Waals surface area contributed by atoms with Gasteiger partial charge >= 0.3 is 6.18 Å². The summed E-state index contributed by atoms with van der Waals surface area (Å²) in [6, 6.07) is 6.83. The van der Waals surface area contributed by atoms with Gasteiger partial charge in [0, 0.05) is 12.7 Å². The van der Waals surface area contributed by atoms with E-state index in [0.29, 0.717) is 16.3 Å². The third-order valence-corrected chi connectivity index (χ3v) is 4.54. The number of terminal acetylenes is 1. The summed E-state index contributed by atoms with van der Waals surface area (Å²) in [5.74, 6) is 0.120. The van der Waals surface area contributed by atoms with Crippen LogP contribution in [0.5, 0.6) is 0 Å². The van der Waals surface area contributed by atoms with Crippen molar-refractivity contribution in [3.05, 3.63) is 47.0 Å². The average Bonchev–Trinajstić information content (AvgIpc) is 2.94. The second-order valence-corrected chi connectivity index (χ2v) is 7.32. The van der Waals surface area contributed by atoms with E-state index in [1.807, 2.05) is 20.8 Å². The molecule has 0 fully saturated rings. The maximum atomic E-state index is 14.5. The van der Waals surface area contributed by atoms with Crippen LogP contribution in [0, 0.1) is 24.2 Å². The monoisotopic (exact) mass is 409 g/mol. The minimum Gasteiger partial charge on any atom is -0.296 e. The van der Waals surface area contributed by atoms with Crippen LogP contribution in [0.2, 0.25) is 0 Å². The molecule has 1 atom stereocenters. The van der Waals surface area contributed by atoms with Crippen molar-refractivity contribution in [3.8, 4) is 12.3 Å². The number of benzene rings is 1. The number of para-hydroxylation sites is 1. The molecular weight excluding hydrogens is 386 g/mol. The highest BCUT2D eigenvalue weighted by molar-refractivity contribution is 6.07. The Morgan fingerprint density at radius 1 is 1.28 bits per heavy atom. The second-order valence-electron chi connectivity index (χ2n) is 7.32. The number of nitrogens with zero attached hydrogens (tertiary/aromatic N) is 3. The van der Waals surface area contributed by atoms with Crippen LogP contribution in [0.4, 0.5) is 23.2 Å². The number of rotatable bonds is 6. The molecule has 156 valence electrons. The van der Waals surface area contributed by atoms with Crippen molar-refractivity contribution in [1.29, 1.82) is 0 Å². The fraction of sp³-hybridized carbons (Fsp3) is 0.429. The third kappa shape index (κ3) is 4.78. The van der Waals surface area contributed by atoms with E-state index in [9.17, 15) is 22.4 Å². The summed E-state index contributed by atoms with van der Waals surface area (Å²) in [6.07, 6.45) is 1.18. The molecule has 0 saturated heterocycles. The summed E-state index contributed by atoms with van der Waals surface area (Å²) in [5, 5.41) is 3.15. The van der Waals surface area contributed by atoms with Crippen LogP contribution >= 0.6 is 0 Å². The zero-order chi connectivity index (χ0) is 21.9. The molecule has 1 heterocycles. The van der Waals surface area contributed by atoms with Gasteiger partial charge in [0.1, 0.15) is 5.56 Å². The number of aryl methyl sites for hydroxylation is 1. The molecule has 0 aliphatic carbocycles. The van der Waals surface area contributed by atoms with E-state index in [2.05, 4.69) is 11.0 Å². The maximum Gasteiger partial charge on any atom is 0.436 e. The number of carbonyl (C=O) groups excluding carboxylic acids is 1. The van der Waals surface area contributed by atoms with E-state index in [1.165, 1.54) is 0 Å². The quantitative estimate of drug-likeness (QED) is 0.497. The Morgan fingerprint density at radius 3 is 2.45 bits per heavy atom. The van der Waals surface area contributed by atoms with Crippen molar-refractivity contribution in [1.82, 2.24) is 9.78 Å². The number of amides is 1. The summed E-state index contributed by atoms with van der Waals surface area (Å²) in [7, 11) is 1.01. The maximum absolute atomic E-state index is 14.5. The van der Waals surface area contributed by atoms with Gasteiger partial charge in [-0.2, -0.15) is 22.7 Å². The zero-order valence-electron chi connectivity index (χ0n) is 16.7. The number of halogens is 4. The lowest BCUT2D eigenvalue weighted by atomic mass is 9.90. The van der Waals surface area contributed by atoms with Gasteiger partial charge in [0.2, 0.25) is 5.95 Å². The molecule has 1 amide bonds. The lowest BCUT2D eigenvalue weighted by Crippen LogP contribution is -2.34. The largest absolute Gasteiger partial charge is 0.436 e. The first-order chi connectivity index (χ1) is 13.5. The predicted molar refractivity (Wildman–Crippen MR) is 103 cm³/mol. The molecule has 0 spiro atoms. The standard InChI is InChI=1S/C21H23F4N3O/c1-6-11-28(16-10-8-7-9-15(16)14(4)12-13(2)3)20(29)17-18(21(23,24)25)26-27(5)19(17)22/h1,7-10,13-14H,11-12H2,2-5H3. The third-order valence-electron chi connectivity index (χ3n) is 4.54. The Hall–Kier alpha value is -2.82. The van der Waals surface area contributed by atoms with Crippen molar-refractivity contribution in [2.75, 3.05) is 11.4 Å². The van der Waals surface area contributed by atoms with Crippen molar-refractivity contribution < 1.29 is 22.4 Å². The highest BCUT2D eigenvalue weighted by atomic mass is 19.4. The van der Waals surface area contributed by atoms with Gasteiger partial charge in [-0.3, -0.25) is 9.69 Å². The number of alkyl halides is 3. The molecule has 0 bridgehead atoms. The Kier molecular flexibility index (Phi) is 6.73. The van der Waals surface area contributed by atoms with E-state index < -0.39 is 29.3 Å². The molecule has 0 aliphatic heterocycles. The topological polar surface area (TPSA) is 38.1 Å². The number of anilines is 1. The molecule has 0 saturated carbocycles. The Morgan fingerprint density at radius 2 is 1.90 bits per heavy atom. The average molecular weight is 409 g/mol. The molecule has 0 N–H and O–H groups in total. The van der Waals surface area contributed by atoms with Crippen molar-refractivity contribution >= 4 is 11.6 Å². The molecule has 1 aromatic carbocycles. The highest BCUT2D eigenvalue weighted by Gasteiger charge is 2.43. The molecule has 0 radical (unpaired) electrons. The van der Waals surface area contributed by atoms with E-state index in [4.69, 9.17) is 6.42 Å². The van der Waals surface area contributed by atoms with Crippen LogP contribution in [-0.4, -0.2) is 22.2 Å². The molecule has 8 heteroatoms. The van der Waals surface area contributed by atoms with E-state index in [0.717, 1.165) is 23.9 Å². The first-order valence-corrected chi connectivity index (χ1v) is 9.12. The second kappa shape index (κ2) is 8.68. The lowest BCUT2D eigenvalue weighted by Gasteiger charge is -2.26. The van der Waals surface area contributed by atoms with E-state index >= 15 is 0 Å². The Balaban J connectivity index is 2.61. The first kappa shape index (κ1) is 22.5. The first-order valence-electron chi connectivity index (χ1n) is 9.12. The normalized spacial score (nSPS) is 12.7. The van der Waals surface area contributed by atoms with Crippen molar-refractivity contribution in [2.45, 2.75) is 39.3 Å². The molecule has 4 nitrogen and oxygen atoms in total. The van der Waals surface area contributed by atoms with Crippen LogP contribution < -0.4 is 4.90 Å². The van der Waals surface area contributed by atoms with Crippen LogP contribution in [0.15, 0.2) is 24.3 Å². The summed E-state index contributed by atoms with van der Waals surface area (Å²) < 4.78 is 54.9. The Labute approximate surface area is 167 Å². The van der Waals surface area contributed by atoms with Crippen molar-refractivity contribution in [3.63, 3.8) is 0 Å². The van der Waals surface area contributed by atoms with Gasteiger partial charge in [-0.1, -0.05) is 44.9 Å². The molecule has 0 aliphatic rings. The summed E-state index contributed by atoms with van der Waals surface area (Å²) in [4.78, 5) is 14.1. The molecule has 1 aromatic heterocycles. The van der Waals surface area contributed by atoms with Crippen LogP contribution in [0.3, 0.4) is 0 Å². The lowest BCUT2D eigenvalue weighted by molar-refractivity contribution is -0.141. The fourth-order valence-electron chi connectivity index (χ4n) is 3.37. The molecule has 2 aromatic rings. The van der Waals surface area contributed by atoms with E-state index in [-0.39, 0.29) is 12.5 Å². The van der Waals surface area contributed by atoms with Gasteiger partial charge in [0.25, 0.3) is 5.91 Å². The predicted octanol–water partition coefficient (Wildman–Crippen LogP) is 5.01.